The molecule has 5 atom stereocenters. The Hall–Kier alpha value is -5.39. The number of carbonyl (C=O) groups is 4. The van der Waals surface area contributed by atoms with Crippen molar-refractivity contribution in [3.05, 3.63) is 72.3 Å². The molecule has 2 fully saturated rings. The number of nitrogens with zero attached hydrogens (tertiary/aromatic N) is 2. The summed E-state index contributed by atoms with van der Waals surface area (Å²) in [4.78, 5) is 62.4. The van der Waals surface area contributed by atoms with E-state index in [1.165, 1.54) is 4.90 Å². The summed E-state index contributed by atoms with van der Waals surface area (Å²) >= 11 is 0. The van der Waals surface area contributed by atoms with Crippen LogP contribution in [0.3, 0.4) is 0 Å². The molecule has 0 spiro atoms. The number of fused-ring (bicyclic) bond motifs is 4. The first-order valence-electron chi connectivity index (χ1n) is 19.8. The van der Waals surface area contributed by atoms with Gasteiger partial charge in [0.15, 0.2) is 0 Å². The molecule has 12 nitrogen and oxygen atoms in total. The van der Waals surface area contributed by atoms with Gasteiger partial charge in [-0.05, 0) is 45.1 Å². The van der Waals surface area contributed by atoms with Gasteiger partial charge in [0, 0.05) is 46.4 Å². The highest BCUT2D eigenvalue weighted by Crippen LogP contribution is 2.46. The van der Waals surface area contributed by atoms with Crippen LogP contribution in [-0.4, -0.2) is 84.4 Å². The summed E-state index contributed by atoms with van der Waals surface area (Å²) in [5.41, 5.74) is 1.41. The van der Waals surface area contributed by atoms with Crippen molar-refractivity contribution < 1.29 is 38.1 Å². The van der Waals surface area contributed by atoms with Crippen LogP contribution in [0.1, 0.15) is 77.7 Å². The molecule has 0 radical (unpaired) electrons. The van der Waals surface area contributed by atoms with Crippen LogP contribution in [0.4, 0.5) is 4.79 Å². The first kappa shape index (κ1) is 38.9. The number of amides is 3. The van der Waals surface area contributed by atoms with Gasteiger partial charge in [0.05, 0.1) is 38.1 Å². The zero-order valence-corrected chi connectivity index (χ0v) is 32.7. The third-order valence-electron chi connectivity index (χ3n) is 11.2. The molecule has 56 heavy (non-hydrogen) atoms. The predicted octanol–water partition coefficient (Wildman–Crippen LogP) is 6.75. The van der Waals surface area contributed by atoms with Gasteiger partial charge in [-0.15, -0.1) is 0 Å². The summed E-state index contributed by atoms with van der Waals surface area (Å²) in [7, 11) is 1.62. The van der Waals surface area contributed by atoms with E-state index in [0.717, 1.165) is 35.8 Å². The molecule has 2 aromatic carbocycles. The van der Waals surface area contributed by atoms with Crippen molar-refractivity contribution in [2.24, 2.45) is 11.3 Å². The molecule has 12 heteroatoms. The maximum absolute atomic E-state index is 14.7. The molecule has 7 rings (SSSR count). The SMILES string of the molecule is CCOC(=O)[C@@]12C[C@H]1/C=C\CCCCC[C@@H]1NC(=O)OCC(C)(C)C/C=C\c3cc4c(cc(-c5ccccc5)nc4cc3OC)O[C@@H]3C[C@@H](C(=O)N2)N(C3)C1=O. The van der Waals surface area contributed by atoms with Crippen molar-refractivity contribution in [2.45, 2.75) is 95.9 Å². The van der Waals surface area contributed by atoms with Crippen LogP contribution in [0.15, 0.2) is 66.8 Å². The van der Waals surface area contributed by atoms with Gasteiger partial charge in [-0.2, -0.15) is 0 Å². The Morgan fingerprint density at radius 2 is 1.88 bits per heavy atom. The Morgan fingerprint density at radius 3 is 2.66 bits per heavy atom. The highest BCUT2D eigenvalue weighted by molar-refractivity contribution is 5.97. The lowest BCUT2D eigenvalue weighted by atomic mass is 9.90. The standard InChI is InChI=1S/C44H52N4O8/c1-5-54-41(51)44-25-30(44)18-12-7-6-8-13-19-33-40(50)48-26-31(22-36(48)39(49)47-44)56-38-23-34(28-15-10-9-11-16-28)45-35-24-37(53-4)29(21-32(35)38)17-14-20-43(2,3)27-55-42(52)46-33/h9-12,14-18,21,23-24,30-31,33,36H,5-8,13,19-20,22,25-27H2,1-4H3,(H,46,52)(H,47,49)/b17-14-,18-12-/t30-,31-,33+,36+,44-/m1/s1. The first-order chi connectivity index (χ1) is 27.0. The molecule has 1 aliphatic carbocycles. The summed E-state index contributed by atoms with van der Waals surface area (Å²) in [5.74, 6) is -0.414. The number of hydrogen-bond donors (Lipinski definition) is 2. The predicted molar refractivity (Wildman–Crippen MR) is 212 cm³/mol. The maximum atomic E-state index is 14.7. The maximum Gasteiger partial charge on any atom is 0.407 e. The summed E-state index contributed by atoms with van der Waals surface area (Å²) in [6.07, 6.45) is 11.4. The molecular weight excluding hydrogens is 713 g/mol. The van der Waals surface area contributed by atoms with Gasteiger partial charge in [-0.3, -0.25) is 9.59 Å². The Labute approximate surface area is 328 Å². The molecule has 5 bridgehead atoms. The van der Waals surface area contributed by atoms with Crippen LogP contribution < -0.4 is 20.1 Å². The zero-order chi connectivity index (χ0) is 39.5. The van der Waals surface area contributed by atoms with Gasteiger partial charge in [0.25, 0.3) is 0 Å². The number of hydrogen-bond acceptors (Lipinski definition) is 9. The Balaban J connectivity index is 1.32. The highest BCUT2D eigenvalue weighted by Gasteiger charge is 2.62. The monoisotopic (exact) mass is 764 g/mol. The van der Waals surface area contributed by atoms with E-state index in [9.17, 15) is 19.2 Å². The second-order valence-corrected chi connectivity index (χ2v) is 16.1. The Bertz CT molecular complexity index is 2030. The van der Waals surface area contributed by atoms with E-state index in [2.05, 4.69) is 16.7 Å². The van der Waals surface area contributed by atoms with Crippen molar-refractivity contribution in [1.82, 2.24) is 20.5 Å². The summed E-state index contributed by atoms with van der Waals surface area (Å²) in [6, 6.07) is 13.6. The molecule has 4 heterocycles. The van der Waals surface area contributed by atoms with Crippen molar-refractivity contribution >= 4 is 40.9 Å². The number of carbonyl (C=O) groups excluding carboxylic acids is 4. The summed E-state index contributed by atoms with van der Waals surface area (Å²) < 4.78 is 23.9. The lowest BCUT2D eigenvalue weighted by Gasteiger charge is -2.30. The van der Waals surface area contributed by atoms with Crippen LogP contribution in [0.5, 0.6) is 11.5 Å². The Morgan fingerprint density at radius 1 is 1.05 bits per heavy atom. The average molecular weight is 765 g/mol. The quantitative estimate of drug-likeness (QED) is 0.218. The minimum atomic E-state index is -1.22. The van der Waals surface area contributed by atoms with Crippen molar-refractivity contribution in [3.63, 3.8) is 0 Å². The second kappa shape index (κ2) is 16.4. The van der Waals surface area contributed by atoms with Gasteiger partial charge < -0.3 is 34.5 Å². The van der Waals surface area contributed by atoms with E-state index < -0.39 is 53.0 Å². The molecule has 3 amide bonds. The normalized spacial score (nSPS) is 27.9. The Kier molecular flexibility index (Phi) is 11.4. The van der Waals surface area contributed by atoms with E-state index in [1.807, 2.05) is 80.6 Å². The molecule has 3 aromatic rings. The molecular formula is C44H52N4O8. The van der Waals surface area contributed by atoms with Crippen LogP contribution in [0.2, 0.25) is 0 Å². The number of benzene rings is 2. The molecule has 1 aromatic heterocycles. The average Bonchev–Trinajstić information content (AvgIpc) is 3.72. The van der Waals surface area contributed by atoms with E-state index in [-0.39, 0.29) is 32.1 Å². The van der Waals surface area contributed by atoms with Gasteiger partial charge in [0.2, 0.25) is 11.8 Å². The number of ether oxygens (including phenoxy) is 4. The van der Waals surface area contributed by atoms with E-state index >= 15 is 0 Å². The molecule has 1 saturated carbocycles. The van der Waals surface area contributed by atoms with Crippen molar-refractivity contribution in [1.29, 1.82) is 0 Å². The molecule has 296 valence electrons. The largest absolute Gasteiger partial charge is 0.496 e. The second-order valence-electron chi connectivity index (χ2n) is 16.1. The number of rotatable bonds is 4. The first-order valence-corrected chi connectivity index (χ1v) is 19.8. The topological polar surface area (TPSA) is 145 Å². The number of methoxy groups -OCH3 is 1. The van der Waals surface area contributed by atoms with Gasteiger partial charge in [-0.1, -0.05) is 81.3 Å². The number of allylic oxidation sites excluding steroid dienone is 2. The van der Waals surface area contributed by atoms with Gasteiger partial charge in [-0.25, -0.2) is 14.6 Å². The van der Waals surface area contributed by atoms with E-state index in [1.54, 1.807) is 14.0 Å². The fraction of sp³-hybridized carbons (Fsp3) is 0.477. The molecule has 2 N–H and O–H groups in total. The van der Waals surface area contributed by atoms with Gasteiger partial charge in [0.1, 0.15) is 35.2 Å². The van der Waals surface area contributed by atoms with Crippen molar-refractivity contribution in [3.8, 4) is 22.8 Å². The van der Waals surface area contributed by atoms with Crippen LogP contribution in [0, 0.1) is 11.3 Å². The number of nitrogens with one attached hydrogen (secondary N) is 2. The smallest absolute Gasteiger partial charge is 0.407 e. The summed E-state index contributed by atoms with van der Waals surface area (Å²) in [6.45, 7) is 6.11. The van der Waals surface area contributed by atoms with Crippen LogP contribution in [-0.2, 0) is 23.9 Å². The summed E-state index contributed by atoms with van der Waals surface area (Å²) in [5, 5.41) is 6.62. The molecule has 0 unspecified atom stereocenters. The third-order valence-corrected chi connectivity index (χ3v) is 11.2. The lowest BCUT2D eigenvalue weighted by Crippen LogP contribution is -2.56. The van der Waals surface area contributed by atoms with Crippen LogP contribution in [0.25, 0.3) is 28.2 Å². The molecule has 1 saturated heterocycles. The third kappa shape index (κ3) is 8.39. The fourth-order valence-electron chi connectivity index (χ4n) is 7.98. The highest BCUT2D eigenvalue weighted by atomic mass is 16.6. The van der Waals surface area contributed by atoms with E-state index in [0.29, 0.717) is 48.4 Å². The van der Waals surface area contributed by atoms with Crippen molar-refractivity contribution in [2.75, 3.05) is 26.9 Å². The number of cyclic esters (lactones) is 1. The number of aromatic nitrogens is 1. The molecule has 3 aliphatic heterocycles. The molecule has 4 aliphatic rings. The minimum Gasteiger partial charge on any atom is -0.496 e. The van der Waals surface area contributed by atoms with E-state index in [4.69, 9.17) is 23.9 Å². The fourth-order valence-corrected chi connectivity index (χ4v) is 7.98. The zero-order valence-electron chi connectivity index (χ0n) is 32.7. The van der Waals surface area contributed by atoms with Crippen LogP contribution >= 0.6 is 0 Å². The van der Waals surface area contributed by atoms with Gasteiger partial charge >= 0.3 is 12.1 Å². The number of alkyl carbamates (subject to hydrolysis) is 1. The number of esters is 1. The minimum absolute atomic E-state index is 0.0698. The lowest BCUT2D eigenvalue weighted by molar-refractivity contribution is -0.150. The number of pyridine rings is 1.